The maximum Gasteiger partial charge on any atom is 0.0205 e. The zero-order chi connectivity index (χ0) is 12.6. The lowest BCUT2D eigenvalue weighted by molar-refractivity contribution is 0.225. The monoisotopic (exact) mass is 310 g/mol. The Labute approximate surface area is 119 Å². The van der Waals surface area contributed by atoms with Gasteiger partial charge in [-0.15, -0.1) is 0 Å². The van der Waals surface area contributed by atoms with Gasteiger partial charge >= 0.3 is 0 Å². The van der Waals surface area contributed by atoms with Crippen LogP contribution in [-0.4, -0.2) is 31.1 Å². The van der Waals surface area contributed by atoms with Gasteiger partial charge in [-0.05, 0) is 63.1 Å². The molecule has 0 bridgehead atoms. The normalized spacial score (nSPS) is 16.9. The summed E-state index contributed by atoms with van der Waals surface area (Å²) in [5.41, 5.74) is 1.36. The van der Waals surface area contributed by atoms with Crippen LogP contribution >= 0.6 is 15.9 Å². The van der Waals surface area contributed by atoms with Gasteiger partial charge in [0.25, 0.3) is 0 Å². The van der Waals surface area contributed by atoms with Crippen LogP contribution in [0.5, 0.6) is 0 Å². The lowest BCUT2D eigenvalue weighted by Gasteiger charge is -2.26. The fraction of sp³-hybridized carbons (Fsp3) is 0.600. The van der Waals surface area contributed by atoms with Gasteiger partial charge in [0.05, 0.1) is 0 Å². The molecule has 1 N–H and O–H groups in total. The van der Waals surface area contributed by atoms with Gasteiger partial charge in [-0.3, -0.25) is 0 Å². The molecule has 1 aliphatic heterocycles. The summed E-state index contributed by atoms with van der Waals surface area (Å²) < 4.78 is 1.15. The molecular weight excluding hydrogens is 288 g/mol. The van der Waals surface area contributed by atoms with E-state index in [1.807, 2.05) is 0 Å². The van der Waals surface area contributed by atoms with Crippen molar-refractivity contribution in [2.45, 2.75) is 32.2 Å². The zero-order valence-corrected chi connectivity index (χ0v) is 12.6. The topological polar surface area (TPSA) is 15.3 Å². The second kappa shape index (κ2) is 7.93. The summed E-state index contributed by atoms with van der Waals surface area (Å²) >= 11 is 3.46. The van der Waals surface area contributed by atoms with E-state index >= 15 is 0 Å². The highest BCUT2D eigenvalue weighted by Crippen LogP contribution is 2.10. The van der Waals surface area contributed by atoms with E-state index in [0.29, 0.717) is 0 Å². The molecule has 0 aliphatic carbocycles. The Morgan fingerprint density at radius 3 is 2.50 bits per heavy atom. The molecule has 0 saturated carbocycles. The third-order valence-corrected chi connectivity index (χ3v) is 4.05. The highest BCUT2D eigenvalue weighted by molar-refractivity contribution is 9.10. The highest BCUT2D eigenvalue weighted by Gasteiger charge is 2.08. The van der Waals surface area contributed by atoms with Crippen molar-refractivity contribution in [1.82, 2.24) is 10.2 Å². The maximum atomic E-state index is 3.52. The molecule has 1 saturated heterocycles. The fourth-order valence-electron chi connectivity index (χ4n) is 2.45. The molecule has 0 radical (unpaired) electrons. The maximum absolute atomic E-state index is 3.52. The van der Waals surface area contributed by atoms with Crippen molar-refractivity contribution in [3.8, 4) is 0 Å². The Hall–Kier alpha value is -0.380. The SMILES string of the molecule is Brc1ccc(CNCCCN2CCCCC2)cc1. The van der Waals surface area contributed by atoms with Gasteiger partial charge in [0.2, 0.25) is 0 Å². The summed E-state index contributed by atoms with van der Waals surface area (Å²) in [6.07, 6.45) is 5.48. The van der Waals surface area contributed by atoms with Crippen molar-refractivity contribution in [3.63, 3.8) is 0 Å². The Balaban J connectivity index is 1.54. The average molecular weight is 311 g/mol. The minimum Gasteiger partial charge on any atom is -0.313 e. The molecule has 3 heteroatoms. The quantitative estimate of drug-likeness (QED) is 0.810. The van der Waals surface area contributed by atoms with E-state index < -0.39 is 0 Å². The largest absolute Gasteiger partial charge is 0.313 e. The lowest BCUT2D eigenvalue weighted by Crippen LogP contribution is -2.32. The molecule has 0 atom stereocenters. The second-order valence-electron chi connectivity index (χ2n) is 5.06. The summed E-state index contributed by atoms with van der Waals surface area (Å²) in [4.78, 5) is 2.60. The Morgan fingerprint density at radius 1 is 1.06 bits per heavy atom. The van der Waals surface area contributed by atoms with Crippen LogP contribution in [0.4, 0.5) is 0 Å². The molecule has 1 heterocycles. The number of nitrogens with one attached hydrogen (secondary N) is 1. The number of nitrogens with zero attached hydrogens (tertiary/aromatic N) is 1. The molecule has 100 valence electrons. The first kappa shape index (κ1) is 14.0. The van der Waals surface area contributed by atoms with Crippen molar-refractivity contribution in [2.75, 3.05) is 26.2 Å². The number of likely N-dealkylation sites (tertiary alicyclic amines) is 1. The smallest absolute Gasteiger partial charge is 0.0205 e. The molecule has 1 aromatic carbocycles. The van der Waals surface area contributed by atoms with E-state index in [1.165, 1.54) is 50.9 Å². The van der Waals surface area contributed by atoms with E-state index in [2.05, 4.69) is 50.4 Å². The van der Waals surface area contributed by atoms with Gasteiger partial charge in [0, 0.05) is 11.0 Å². The molecule has 1 fully saturated rings. The molecular formula is C15H23BrN2. The van der Waals surface area contributed by atoms with Gasteiger partial charge in [-0.2, -0.15) is 0 Å². The van der Waals surface area contributed by atoms with Crippen molar-refractivity contribution >= 4 is 15.9 Å². The van der Waals surface area contributed by atoms with Crippen LogP contribution in [0.2, 0.25) is 0 Å². The van der Waals surface area contributed by atoms with Gasteiger partial charge in [0.1, 0.15) is 0 Å². The zero-order valence-electron chi connectivity index (χ0n) is 11.0. The third-order valence-electron chi connectivity index (χ3n) is 3.52. The van der Waals surface area contributed by atoms with Crippen LogP contribution < -0.4 is 5.32 Å². The second-order valence-corrected chi connectivity index (χ2v) is 5.97. The molecule has 0 unspecified atom stereocenters. The minimum atomic E-state index is 0.979. The number of piperidine rings is 1. The number of halogens is 1. The van der Waals surface area contributed by atoms with Gasteiger partial charge in [-0.1, -0.05) is 34.5 Å². The van der Waals surface area contributed by atoms with Crippen LogP contribution in [0.25, 0.3) is 0 Å². The van der Waals surface area contributed by atoms with Gasteiger partial charge in [-0.25, -0.2) is 0 Å². The number of benzene rings is 1. The van der Waals surface area contributed by atoms with Crippen molar-refractivity contribution in [2.24, 2.45) is 0 Å². The molecule has 0 spiro atoms. The standard InChI is InChI=1S/C15H23BrN2/c16-15-7-5-14(6-8-15)13-17-9-4-12-18-10-2-1-3-11-18/h5-8,17H,1-4,9-13H2. The van der Waals surface area contributed by atoms with E-state index in [0.717, 1.165) is 17.6 Å². The Kier molecular flexibility index (Phi) is 6.18. The molecule has 1 aromatic rings. The molecule has 2 rings (SSSR count). The fourth-order valence-corrected chi connectivity index (χ4v) is 2.71. The predicted molar refractivity (Wildman–Crippen MR) is 80.8 cm³/mol. The molecule has 2 nitrogen and oxygen atoms in total. The lowest BCUT2D eigenvalue weighted by atomic mass is 10.1. The summed E-state index contributed by atoms with van der Waals surface area (Å²) in [6, 6.07) is 8.54. The first-order chi connectivity index (χ1) is 8.84. The minimum absolute atomic E-state index is 0.979. The van der Waals surface area contributed by atoms with Crippen LogP contribution in [0.3, 0.4) is 0 Å². The van der Waals surface area contributed by atoms with Crippen molar-refractivity contribution < 1.29 is 0 Å². The first-order valence-corrected chi connectivity index (χ1v) is 7.81. The van der Waals surface area contributed by atoms with Crippen molar-refractivity contribution in [1.29, 1.82) is 0 Å². The van der Waals surface area contributed by atoms with E-state index in [4.69, 9.17) is 0 Å². The molecule has 1 aliphatic rings. The highest BCUT2D eigenvalue weighted by atomic mass is 79.9. The van der Waals surface area contributed by atoms with E-state index in [9.17, 15) is 0 Å². The molecule has 18 heavy (non-hydrogen) atoms. The summed E-state index contributed by atoms with van der Waals surface area (Å²) in [5, 5.41) is 3.52. The van der Waals surface area contributed by atoms with Gasteiger partial charge < -0.3 is 10.2 Å². The van der Waals surface area contributed by atoms with Crippen LogP contribution in [0, 0.1) is 0 Å². The van der Waals surface area contributed by atoms with Gasteiger partial charge in [0.15, 0.2) is 0 Å². The predicted octanol–water partition coefficient (Wildman–Crippen LogP) is 3.41. The number of hydrogen-bond acceptors (Lipinski definition) is 2. The Bertz CT molecular complexity index is 331. The summed E-state index contributed by atoms with van der Waals surface area (Å²) in [5.74, 6) is 0. The first-order valence-electron chi connectivity index (χ1n) is 7.02. The molecule has 0 aromatic heterocycles. The number of rotatable bonds is 6. The molecule has 0 amide bonds. The van der Waals surface area contributed by atoms with Crippen molar-refractivity contribution in [3.05, 3.63) is 34.3 Å². The average Bonchev–Trinajstić information content (AvgIpc) is 2.42. The van der Waals surface area contributed by atoms with E-state index in [-0.39, 0.29) is 0 Å². The van der Waals surface area contributed by atoms with E-state index in [1.54, 1.807) is 0 Å². The van der Waals surface area contributed by atoms with Crippen LogP contribution in [0.15, 0.2) is 28.7 Å². The Morgan fingerprint density at radius 2 is 1.78 bits per heavy atom. The number of hydrogen-bond donors (Lipinski definition) is 1. The third kappa shape index (κ3) is 5.09. The summed E-state index contributed by atoms with van der Waals surface area (Å²) in [6.45, 7) is 5.98. The summed E-state index contributed by atoms with van der Waals surface area (Å²) in [7, 11) is 0. The van der Waals surface area contributed by atoms with Crippen LogP contribution in [0.1, 0.15) is 31.2 Å². The van der Waals surface area contributed by atoms with Crippen LogP contribution in [-0.2, 0) is 6.54 Å².